The minimum absolute atomic E-state index is 0.117. The van der Waals surface area contributed by atoms with E-state index in [1.165, 1.54) is 18.2 Å². The molecule has 1 N–H and O–H groups in total. The molecular formula is C11H13FN2O2. The predicted octanol–water partition coefficient (Wildman–Crippen LogP) is 2.03. The number of hydrogen-bond acceptors (Lipinski definition) is 3. The predicted molar refractivity (Wildman–Crippen MR) is 57.8 cm³/mol. The Labute approximate surface area is 92.6 Å². The maximum absolute atomic E-state index is 13.5. The van der Waals surface area contributed by atoms with E-state index >= 15 is 0 Å². The smallest absolute Gasteiger partial charge is 0.275 e. The molecule has 1 aromatic rings. The largest absolute Gasteiger partial charge is 0.314 e. The number of nitro groups is 1. The highest BCUT2D eigenvalue weighted by Gasteiger charge is 2.23. The van der Waals surface area contributed by atoms with Gasteiger partial charge in [0.2, 0.25) is 0 Å². The van der Waals surface area contributed by atoms with Crippen LogP contribution in [-0.4, -0.2) is 17.5 Å². The number of nitrogens with zero attached hydrogens (tertiary/aromatic N) is 1. The lowest BCUT2D eigenvalue weighted by atomic mass is 10.0. The van der Waals surface area contributed by atoms with Crippen molar-refractivity contribution in [2.75, 3.05) is 6.54 Å². The molecule has 1 aromatic carbocycles. The Morgan fingerprint density at radius 2 is 2.38 bits per heavy atom. The van der Waals surface area contributed by atoms with Crippen LogP contribution in [0.2, 0.25) is 0 Å². The monoisotopic (exact) mass is 224 g/mol. The second kappa shape index (κ2) is 4.57. The highest BCUT2D eigenvalue weighted by molar-refractivity contribution is 5.41. The molecule has 0 aliphatic carbocycles. The first-order valence-corrected chi connectivity index (χ1v) is 5.33. The summed E-state index contributed by atoms with van der Waals surface area (Å²) in [6.07, 6.45) is 2.39. The van der Waals surface area contributed by atoms with E-state index in [-0.39, 0.29) is 17.3 Å². The molecule has 1 unspecified atom stereocenters. The van der Waals surface area contributed by atoms with E-state index in [0.717, 1.165) is 19.4 Å². The van der Waals surface area contributed by atoms with Crippen molar-refractivity contribution in [3.8, 4) is 0 Å². The van der Waals surface area contributed by atoms with Gasteiger partial charge in [-0.3, -0.25) is 10.1 Å². The molecule has 5 heteroatoms. The lowest BCUT2D eigenvalue weighted by Crippen LogP contribution is -2.24. The molecule has 1 heterocycles. The first-order valence-electron chi connectivity index (χ1n) is 5.33. The summed E-state index contributed by atoms with van der Waals surface area (Å²) in [5.41, 5.74) is 0.0978. The van der Waals surface area contributed by atoms with E-state index in [1.807, 2.05) is 0 Å². The van der Waals surface area contributed by atoms with Crippen LogP contribution in [0.15, 0.2) is 18.2 Å². The van der Waals surface area contributed by atoms with Crippen LogP contribution in [0.1, 0.15) is 18.4 Å². The van der Waals surface area contributed by atoms with Crippen LogP contribution >= 0.6 is 0 Å². The number of benzene rings is 1. The Hall–Kier alpha value is -1.49. The van der Waals surface area contributed by atoms with Gasteiger partial charge in [-0.25, -0.2) is 4.39 Å². The lowest BCUT2D eigenvalue weighted by Gasteiger charge is -2.10. The van der Waals surface area contributed by atoms with Gasteiger partial charge < -0.3 is 5.32 Å². The molecule has 0 bridgehead atoms. The fourth-order valence-electron chi connectivity index (χ4n) is 2.10. The highest BCUT2D eigenvalue weighted by atomic mass is 19.1. The molecule has 16 heavy (non-hydrogen) atoms. The fourth-order valence-corrected chi connectivity index (χ4v) is 2.10. The number of nitro benzene ring substituents is 1. The molecule has 1 aliphatic rings. The minimum atomic E-state index is -0.520. The van der Waals surface area contributed by atoms with Gasteiger partial charge in [-0.2, -0.15) is 0 Å². The summed E-state index contributed by atoms with van der Waals surface area (Å²) in [7, 11) is 0. The van der Waals surface area contributed by atoms with Crippen molar-refractivity contribution < 1.29 is 9.31 Å². The second-order valence-electron chi connectivity index (χ2n) is 3.99. The molecule has 86 valence electrons. The van der Waals surface area contributed by atoms with Crippen molar-refractivity contribution in [2.45, 2.75) is 25.3 Å². The molecule has 0 saturated carbocycles. The van der Waals surface area contributed by atoms with Crippen molar-refractivity contribution in [1.82, 2.24) is 5.32 Å². The van der Waals surface area contributed by atoms with Gasteiger partial charge in [0.15, 0.2) is 0 Å². The molecule has 1 aliphatic heterocycles. The van der Waals surface area contributed by atoms with Crippen LogP contribution < -0.4 is 5.32 Å². The average molecular weight is 224 g/mol. The summed E-state index contributed by atoms with van der Waals surface area (Å²) in [6, 6.07) is 4.17. The SMILES string of the molecule is O=[N+]([O-])c1cccc(F)c1CC1CCCN1. The first kappa shape index (κ1) is 11.0. The number of hydrogen-bond donors (Lipinski definition) is 1. The summed E-state index contributed by atoms with van der Waals surface area (Å²) in [4.78, 5) is 10.2. The van der Waals surface area contributed by atoms with Gasteiger partial charge in [-0.15, -0.1) is 0 Å². The molecule has 0 aromatic heterocycles. The fraction of sp³-hybridized carbons (Fsp3) is 0.455. The normalized spacial score (nSPS) is 19.9. The van der Waals surface area contributed by atoms with Crippen LogP contribution in [0, 0.1) is 15.9 Å². The third-order valence-corrected chi connectivity index (χ3v) is 2.90. The van der Waals surface area contributed by atoms with E-state index in [4.69, 9.17) is 0 Å². The Balaban J connectivity index is 2.26. The summed E-state index contributed by atoms with van der Waals surface area (Å²) in [5.74, 6) is -0.483. The molecule has 2 rings (SSSR count). The van der Waals surface area contributed by atoms with E-state index in [0.29, 0.717) is 6.42 Å². The van der Waals surface area contributed by atoms with Gasteiger partial charge in [-0.1, -0.05) is 6.07 Å². The maximum Gasteiger partial charge on any atom is 0.275 e. The zero-order chi connectivity index (χ0) is 11.5. The quantitative estimate of drug-likeness (QED) is 0.631. The summed E-state index contributed by atoms with van der Waals surface area (Å²) in [6.45, 7) is 0.910. The summed E-state index contributed by atoms with van der Waals surface area (Å²) in [5, 5.41) is 14.0. The van der Waals surface area contributed by atoms with Gasteiger partial charge >= 0.3 is 0 Å². The zero-order valence-corrected chi connectivity index (χ0v) is 8.78. The average Bonchev–Trinajstić information content (AvgIpc) is 2.73. The van der Waals surface area contributed by atoms with Crippen LogP contribution in [-0.2, 0) is 6.42 Å². The van der Waals surface area contributed by atoms with Crippen LogP contribution in [0.25, 0.3) is 0 Å². The molecule has 0 spiro atoms. The third-order valence-electron chi connectivity index (χ3n) is 2.90. The van der Waals surface area contributed by atoms with E-state index in [2.05, 4.69) is 5.32 Å². The molecule has 1 saturated heterocycles. The van der Waals surface area contributed by atoms with Gasteiger partial charge in [0.25, 0.3) is 5.69 Å². The van der Waals surface area contributed by atoms with Gasteiger partial charge in [-0.05, 0) is 31.9 Å². The first-order chi connectivity index (χ1) is 7.68. The molecule has 4 nitrogen and oxygen atoms in total. The summed E-state index contributed by atoms with van der Waals surface area (Å²) >= 11 is 0. The number of nitrogens with one attached hydrogen (secondary N) is 1. The molecule has 1 fully saturated rings. The topological polar surface area (TPSA) is 55.2 Å². The lowest BCUT2D eigenvalue weighted by molar-refractivity contribution is -0.385. The summed E-state index contributed by atoms with van der Waals surface area (Å²) < 4.78 is 13.5. The standard InChI is InChI=1S/C11H13FN2O2/c12-10-4-1-5-11(14(15)16)9(10)7-8-3-2-6-13-8/h1,4-5,8,13H,2-3,6-7H2. The van der Waals surface area contributed by atoms with E-state index in [1.54, 1.807) is 0 Å². The van der Waals surface area contributed by atoms with E-state index < -0.39 is 10.7 Å². The van der Waals surface area contributed by atoms with Crippen molar-refractivity contribution in [2.24, 2.45) is 0 Å². The Kier molecular flexibility index (Phi) is 3.14. The van der Waals surface area contributed by atoms with Gasteiger partial charge in [0, 0.05) is 12.1 Å². The highest BCUT2D eigenvalue weighted by Crippen LogP contribution is 2.24. The van der Waals surface area contributed by atoms with Crippen molar-refractivity contribution in [1.29, 1.82) is 0 Å². The van der Waals surface area contributed by atoms with E-state index in [9.17, 15) is 14.5 Å². The second-order valence-corrected chi connectivity index (χ2v) is 3.99. The maximum atomic E-state index is 13.5. The van der Waals surface area contributed by atoms with Crippen LogP contribution in [0.4, 0.5) is 10.1 Å². The molecule has 0 amide bonds. The number of halogens is 1. The molecule has 1 atom stereocenters. The Morgan fingerprint density at radius 3 is 3.00 bits per heavy atom. The Bertz CT molecular complexity index is 403. The Morgan fingerprint density at radius 1 is 1.56 bits per heavy atom. The molecule has 0 radical (unpaired) electrons. The van der Waals surface area contributed by atoms with Crippen molar-refractivity contribution in [3.05, 3.63) is 39.7 Å². The van der Waals surface area contributed by atoms with Crippen LogP contribution in [0.5, 0.6) is 0 Å². The molecular weight excluding hydrogens is 211 g/mol. The van der Waals surface area contributed by atoms with Gasteiger partial charge in [0.05, 0.1) is 10.5 Å². The third kappa shape index (κ3) is 2.19. The van der Waals surface area contributed by atoms with Crippen molar-refractivity contribution in [3.63, 3.8) is 0 Å². The zero-order valence-electron chi connectivity index (χ0n) is 8.78. The van der Waals surface area contributed by atoms with Crippen molar-refractivity contribution >= 4 is 5.69 Å². The van der Waals surface area contributed by atoms with Crippen LogP contribution in [0.3, 0.4) is 0 Å². The minimum Gasteiger partial charge on any atom is -0.314 e. The van der Waals surface area contributed by atoms with Gasteiger partial charge in [0.1, 0.15) is 5.82 Å². The number of rotatable bonds is 3.